The van der Waals surface area contributed by atoms with Crippen molar-refractivity contribution in [3.05, 3.63) is 23.0 Å². The number of nitrogens with zero attached hydrogens (tertiary/aromatic N) is 2. The zero-order valence-electron chi connectivity index (χ0n) is 12.9. The fourth-order valence-electron chi connectivity index (χ4n) is 3.18. The Kier molecular flexibility index (Phi) is 4.14. The lowest BCUT2D eigenvalue weighted by molar-refractivity contribution is 0.0971. The molecular weight excluding hydrogens is 236 g/mol. The van der Waals surface area contributed by atoms with Gasteiger partial charge in [0.25, 0.3) is 0 Å². The highest BCUT2D eigenvalue weighted by Gasteiger charge is 2.27. The van der Waals surface area contributed by atoms with E-state index in [-0.39, 0.29) is 0 Å². The maximum Gasteiger partial charge on any atom is 0.164 e. The number of aromatic nitrogens is 1. The molecule has 3 nitrogen and oxygen atoms in total. The summed E-state index contributed by atoms with van der Waals surface area (Å²) in [5.74, 6) is 0.894. The molecule has 1 atom stereocenters. The molecule has 1 heterocycles. The fourth-order valence-corrected chi connectivity index (χ4v) is 3.18. The van der Waals surface area contributed by atoms with Crippen molar-refractivity contribution < 1.29 is 4.79 Å². The van der Waals surface area contributed by atoms with E-state index < -0.39 is 0 Å². The average Bonchev–Trinajstić information content (AvgIpc) is 2.64. The Labute approximate surface area is 116 Å². The summed E-state index contributed by atoms with van der Waals surface area (Å²) in [6.45, 7) is 7.69. The highest BCUT2D eigenvalue weighted by molar-refractivity contribution is 5.98. The topological polar surface area (TPSA) is 25.2 Å². The summed E-state index contributed by atoms with van der Waals surface area (Å²) < 4.78 is 2.43. The average molecular weight is 262 g/mol. The number of hydrogen-bond donors (Lipinski definition) is 0. The third-order valence-corrected chi connectivity index (χ3v) is 4.11. The molecule has 19 heavy (non-hydrogen) atoms. The second-order valence-electron chi connectivity index (χ2n) is 6.37. The van der Waals surface area contributed by atoms with E-state index >= 15 is 0 Å². The van der Waals surface area contributed by atoms with E-state index in [4.69, 9.17) is 0 Å². The first-order valence-electron chi connectivity index (χ1n) is 7.30. The minimum Gasteiger partial charge on any atom is -0.344 e. The van der Waals surface area contributed by atoms with Crippen LogP contribution in [0.25, 0.3) is 0 Å². The molecule has 0 amide bonds. The number of likely N-dealkylation sites (N-methyl/N-ethyl adjacent to an activating group) is 1. The van der Waals surface area contributed by atoms with Gasteiger partial charge in [-0.25, -0.2) is 0 Å². The van der Waals surface area contributed by atoms with Crippen molar-refractivity contribution >= 4 is 5.78 Å². The maximum absolute atomic E-state index is 12.0. The summed E-state index contributed by atoms with van der Waals surface area (Å²) in [6, 6.07) is 2.55. The first-order valence-corrected chi connectivity index (χ1v) is 7.30. The Hall–Kier alpha value is -1.09. The van der Waals surface area contributed by atoms with Crippen LogP contribution in [0.15, 0.2) is 6.07 Å². The zero-order valence-corrected chi connectivity index (χ0v) is 12.9. The van der Waals surface area contributed by atoms with Crippen molar-refractivity contribution in [3.63, 3.8) is 0 Å². The van der Waals surface area contributed by atoms with Crippen molar-refractivity contribution in [3.8, 4) is 0 Å². The quantitative estimate of drug-likeness (QED) is 0.833. The Morgan fingerprint density at radius 1 is 1.32 bits per heavy atom. The van der Waals surface area contributed by atoms with E-state index in [1.54, 1.807) is 0 Å². The summed E-state index contributed by atoms with van der Waals surface area (Å²) in [4.78, 5) is 14.3. The first kappa shape index (κ1) is 14.3. The number of Topliss-reactive ketones (excluding diaryl/α,β-unsaturated/α-hetero) is 1. The standard InChI is InChI=1S/C16H26N2O/c1-11(2)15(10-17(4)5)18-12(3)9-13-14(18)7-6-8-16(13)19/h9,11,15H,6-8,10H2,1-5H3. The second-order valence-corrected chi connectivity index (χ2v) is 6.37. The Morgan fingerprint density at radius 2 is 2.00 bits per heavy atom. The second kappa shape index (κ2) is 5.49. The van der Waals surface area contributed by atoms with Gasteiger partial charge in [-0.15, -0.1) is 0 Å². The Balaban J connectivity index is 2.45. The molecular formula is C16H26N2O. The van der Waals surface area contributed by atoms with Gasteiger partial charge in [0.15, 0.2) is 5.78 Å². The van der Waals surface area contributed by atoms with Crippen LogP contribution >= 0.6 is 0 Å². The van der Waals surface area contributed by atoms with Gasteiger partial charge in [0, 0.05) is 36.0 Å². The van der Waals surface area contributed by atoms with Crippen molar-refractivity contribution in [1.29, 1.82) is 0 Å². The van der Waals surface area contributed by atoms with E-state index in [0.717, 1.165) is 31.4 Å². The van der Waals surface area contributed by atoms with Gasteiger partial charge >= 0.3 is 0 Å². The van der Waals surface area contributed by atoms with Gasteiger partial charge in [0.2, 0.25) is 0 Å². The van der Waals surface area contributed by atoms with Crippen LogP contribution in [0.3, 0.4) is 0 Å². The molecule has 3 heteroatoms. The SMILES string of the molecule is Cc1cc2c(n1C(CN(C)C)C(C)C)CCCC2=O. The van der Waals surface area contributed by atoms with E-state index in [0.29, 0.717) is 17.7 Å². The van der Waals surface area contributed by atoms with Gasteiger partial charge in [0.1, 0.15) is 0 Å². The van der Waals surface area contributed by atoms with Crippen molar-refractivity contribution in [2.75, 3.05) is 20.6 Å². The molecule has 0 aliphatic heterocycles. The van der Waals surface area contributed by atoms with Crippen LogP contribution in [0.4, 0.5) is 0 Å². The lowest BCUT2D eigenvalue weighted by Crippen LogP contribution is -2.30. The van der Waals surface area contributed by atoms with Crippen molar-refractivity contribution in [2.45, 2.75) is 46.1 Å². The number of fused-ring (bicyclic) bond motifs is 1. The molecule has 0 radical (unpaired) electrons. The van der Waals surface area contributed by atoms with E-state index in [1.807, 2.05) is 0 Å². The van der Waals surface area contributed by atoms with E-state index in [1.165, 1.54) is 11.4 Å². The van der Waals surface area contributed by atoms with Gasteiger partial charge in [-0.05, 0) is 45.8 Å². The molecule has 106 valence electrons. The monoisotopic (exact) mass is 262 g/mol. The molecule has 2 rings (SSSR count). The molecule has 0 fully saturated rings. The summed E-state index contributed by atoms with van der Waals surface area (Å²) in [6.07, 6.45) is 2.77. The highest BCUT2D eigenvalue weighted by atomic mass is 16.1. The molecule has 0 bridgehead atoms. The van der Waals surface area contributed by atoms with Crippen molar-refractivity contribution in [1.82, 2.24) is 9.47 Å². The van der Waals surface area contributed by atoms with Gasteiger partial charge in [-0.2, -0.15) is 0 Å². The minimum atomic E-state index is 0.329. The predicted octanol–water partition coefficient (Wildman–Crippen LogP) is 3.07. The zero-order chi connectivity index (χ0) is 14.2. The van der Waals surface area contributed by atoms with Gasteiger partial charge in [-0.1, -0.05) is 13.8 Å². The number of hydrogen-bond acceptors (Lipinski definition) is 2. The van der Waals surface area contributed by atoms with Crippen molar-refractivity contribution in [2.24, 2.45) is 5.92 Å². The molecule has 0 spiro atoms. The lowest BCUT2D eigenvalue weighted by atomic mass is 9.95. The van der Waals surface area contributed by atoms with Crippen LogP contribution in [0.1, 0.15) is 54.5 Å². The summed E-state index contributed by atoms with van der Waals surface area (Å²) >= 11 is 0. The predicted molar refractivity (Wildman–Crippen MR) is 78.9 cm³/mol. The fraction of sp³-hybridized carbons (Fsp3) is 0.688. The van der Waals surface area contributed by atoms with Gasteiger partial charge < -0.3 is 9.47 Å². The first-order chi connectivity index (χ1) is 8.91. The van der Waals surface area contributed by atoms with Crippen LogP contribution in [0, 0.1) is 12.8 Å². The molecule has 1 unspecified atom stereocenters. The molecule has 0 saturated carbocycles. The molecule has 1 aromatic heterocycles. The molecule has 0 aromatic carbocycles. The third kappa shape index (κ3) is 2.76. The normalized spacial score (nSPS) is 17.1. The van der Waals surface area contributed by atoms with Gasteiger partial charge in [0.05, 0.1) is 0 Å². The Morgan fingerprint density at radius 3 is 2.58 bits per heavy atom. The van der Waals surface area contributed by atoms with Crippen LogP contribution < -0.4 is 0 Å². The Bertz CT molecular complexity index is 471. The van der Waals surface area contributed by atoms with Crippen LogP contribution in [0.5, 0.6) is 0 Å². The molecule has 1 aliphatic rings. The minimum absolute atomic E-state index is 0.329. The highest BCUT2D eigenvalue weighted by Crippen LogP contribution is 2.31. The molecule has 0 saturated heterocycles. The maximum atomic E-state index is 12.0. The van der Waals surface area contributed by atoms with Crippen LogP contribution in [-0.4, -0.2) is 35.9 Å². The number of ketones is 1. The molecule has 1 aliphatic carbocycles. The number of carbonyl (C=O) groups is 1. The number of carbonyl (C=O) groups excluding carboxylic acids is 1. The largest absolute Gasteiger partial charge is 0.344 e. The van der Waals surface area contributed by atoms with Gasteiger partial charge in [-0.3, -0.25) is 4.79 Å². The smallest absolute Gasteiger partial charge is 0.164 e. The van der Waals surface area contributed by atoms with E-state index in [2.05, 4.69) is 50.4 Å². The summed E-state index contributed by atoms with van der Waals surface area (Å²) in [5.41, 5.74) is 3.49. The number of aryl methyl sites for hydroxylation is 1. The number of rotatable bonds is 4. The van der Waals surface area contributed by atoms with Crippen LogP contribution in [0.2, 0.25) is 0 Å². The summed E-state index contributed by atoms with van der Waals surface area (Å²) in [5, 5.41) is 0. The third-order valence-electron chi connectivity index (χ3n) is 4.11. The molecule has 1 aromatic rings. The van der Waals surface area contributed by atoms with E-state index in [9.17, 15) is 4.79 Å². The molecule has 0 N–H and O–H groups in total. The summed E-state index contributed by atoms with van der Waals surface area (Å²) in [7, 11) is 4.23. The van der Waals surface area contributed by atoms with Crippen LogP contribution in [-0.2, 0) is 6.42 Å². The lowest BCUT2D eigenvalue weighted by Gasteiger charge is -2.30.